The van der Waals surface area contributed by atoms with Gasteiger partial charge in [-0.3, -0.25) is 9.59 Å². The average molecular weight is 255 g/mol. The van der Waals surface area contributed by atoms with Gasteiger partial charge in [0, 0.05) is 12.8 Å². The Kier molecular flexibility index (Phi) is 2.71. The van der Waals surface area contributed by atoms with Gasteiger partial charge in [-0.25, -0.2) is 0 Å². The van der Waals surface area contributed by atoms with Crippen LogP contribution in [0.2, 0.25) is 0 Å². The van der Waals surface area contributed by atoms with E-state index in [0.29, 0.717) is 24.2 Å². The molecule has 1 aliphatic rings. The quantitative estimate of drug-likeness (QED) is 0.894. The molecule has 0 bridgehead atoms. The SMILES string of the molecule is NC(=O)c1coc2c1C(=O)CC(c1ccccc1)C2. The number of rotatable bonds is 2. The number of amides is 1. The first-order valence-corrected chi connectivity index (χ1v) is 6.15. The molecule has 1 unspecified atom stereocenters. The smallest absolute Gasteiger partial charge is 0.252 e. The van der Waals surface area contributed by atoms with Crippen LogP contribution in [0.4, 0.5) is 0 Å². The van der Waals surface area contributed by atoms with Crippen LogP contribution in [0.3, 0.4) is 0 Å². The van der Waals surface area contributed by atoms with E-state index in [9.17, 15) is 9.59 Å². The van der Waals surface area contributed by atoms with Crippen molar-refractivity contribution in [3.05, 3.63) is 59.0 Å². The molecule has 3 rings (SSSR count). The van der Waals surface area contributed by atoms with Crippen molar-refractivity contribution in [3.63, 3.8) is 0 Å². The van der Waals surface area contributed by atoms with E-state index in [1.807, 2.05) is 30.3 Å². The minimum Gasteiger partial charge on any atom is -0.468 e. The van der Waals surface area contributed by atoms with Crippen molar-refractivity contribution in [2.75, 3.05) is 0 Å². The van der Waals surface area contributed by atoms with Gasteiger partial charge >= 0.3 is 0 Å². The Labute approximate surface area is 110 Å². The fraction of sp³-hybridized carbons (Fsp3) is 0.200. The lowest BCUT2D eigenvalue weighted by atomic mass is 9.82. The van der Waals surface area contributed by atoms with Gasteiger partial charge in [0.05, 0.1) is 11.1 Å². The fourth-order valence-corrected chi connectivity index (χ4v) is 2.62. The number of Topliss-reactive ketones (excluding diaryl/α,β-unsaturated/α-hetero) is 1. The third kappa shape index (κ3) is 1.95. The highest BCUT2D eigenvalue weighted by atomic mass is 16.3. The van der Waals surface area contributed by atoms with Gasteiger partial charge in [0.25, 0.3) is 5.91 Å². The zero-order chi connectivity index (χ0) is 13.4. The number of benzene rings is 1. The first-order chi connectivity index (χ1) is 9.16. The molecule has 0 radical (unpaired) electrons. The van der Waals surface area contributed by atoms with Crippen molar-refractivity contribution >= 4 is 11.7 Å². The van der Waals surface area contributed by atoms with E-state index in [1.165, 1.54) is 6.26 Å². The molecule has 0 saturated heterocycles. The van der Waals surface area contributed by atoms with E-state index in [-0.39, 0.29) is 17.3 Å². The van der Waals surface area contributed by atoms with E-state index in [0.717, 1.165) is 5.56 Å². The molecule has 2 N–H and O–H groups in total. The predicted molar refractivity (Wildman–Crippen MR) is 69.1 cm³/mol. The molecule has 1 aromatic heterocycles. The molecule has 0 aliphatic heterocycles. The minimum atomic E-state index is -0.614. The monoisotopic (exact) mass is 255 g/mol. The van der Waals surface area contributed by atoms with E-state index in [1.54, 1.807) is 0 Å². The first-order valence-electron chi connectivity index (χ1n) is 6.15. The van der Waals surface area contributed by atoms with Crippen molar-refractivity contribution in [3.8, 4) is 0 Å². The van der Waals surface area contributed by atoms with Crippen LogP contribution in [0.1, 0.15) is 44.4 Å². The predicted octanol–water partition coefficient (Wildman–Crippen LogP) is 2.29. The summed E-state index contributed by atoms with van der Waals surface area (Å²) in [5.74, 6) is -0.0128. The molecule has 0 spiro atoms. The summed E-state index contributed by atoms with van der Waals surface area (Å²) in [7, 11) is 0. The topological polar surface area (TPSA) is 73.3 Å². The molecule has 4 heteroatoms. The van der Waals surface area contributed by atoms with Gasteiger partial charge in [-0.1, -0.05) is 30.3 Å². The zero-order valence-electron chi connectivity index (χ0n) is 10.3. The van der Waals surface area contributed by atoms with Gasteiger partial charge in [-0.15, -0.1) is 0 Å². The Bertz CT molecular complexity index is 643. The van der Waals surface area contributed by atoms with Gasteiger partial charge < -0.3 is 10.2 Å². The standard InChI is InChI=1S/C15H13NO3/c16-15(18)11-8-19-13-7-10(6-12(17)14(11)13)9-4-2-1-3-5-9/h1-5,8,10H,6-7H2,(H2,16,18). The molecule has 2 aromatic rings. The lowest BCUT2D eigenvalue weighted by molar-refractivity contribution is 0.0943. The van der Waals surface area contributed by atoms with Gasteiger partial charge in [0.15, 0.2) is 5.78 Å². The van der Waals surface area contributed by atoms with Gasteiger partial charge in [0.1, 0.15) is 12.0 Å². The fourth-order valence-electron chi connectivity index (χ4n) is 2.62. The van der Waals surface area contributed by atoms with Crippen LogP contribution in [0.25, 0.3) is 0 Å². The molecule has 0 fully saturated rings. The number of carbonyl (C=O) groups excluding carboxylic acids is 2. The number of furan rings is 1. The molecule has 1 aliphatic carbocycles. The van der Waals surface area contributed by atoms with E-state index < -0.39 is 5.91 Å². The second kappa shape index (κ2) is 4.39. The molecular weight excluding hydrogens is 242 g/mol. The number of nitrogens with two attached hydrogens (primary N) is 1. The highest BCUT2D eigenvalue weighted by molar-refractivity contribution is 6.09. The summed E-state index contributed by atoms with van der Waals surface area (Å²) in [5.41, 5.74) is 6.92. The molecule has 1 heterocycles. The molecule has 0 saturated carbocycles. The highest BCUT2D eigenvalue weighted by Gasteiger charge is 2.32. The van der Waals surface area contributed by atoms with Crippen molar-refractivity contribution < 1.29 is 14.0 Å². The summed E-state index contributed by atoms with van der Waals surface area (Å²) in [4.78, 5) is 23.4. The lowest BCUT2D eigenvalue weighted by Gasteiger charge is -2.20. The maximum Gasteiger partial charge on any atom is 0.252 e. The largest absolute Gasteiger partial charge is 0.468 e. The number of carbonyl (C=O) groups is 2. The summed E-state index contributed by atoms with van der Waals surface area (Å²) in [6, 6.07) is 9.85. The number of hydrogen-bond acceptors (Lipinski definition) is 3. The Balaban J connectivity index is 1.98. The van der Waals surface area contributed by atoms with Crippen LogP contribution < -0.4 is 5.73 Å². The highest BCUT2D eigenvalue weighted by Crippen LogP contribution is 2.34. The van der Waals surface area contributed by atoms with Crippen LogP contribution >= 0.6 is 0 Å². The van der Waals surface area contributed by atoms with E-state index in [2.05, 4.69) is 0 Å². The Morgan fingerprint density at radius 1 is 1.21 bits per heavy atom. The first kappa shape index (κ1) is 11.7. The van der Waals surface area contributed by atoms with Crippen molar-refractivity contribution in [2.24, 2.45) is 5.73 Å². The number of ketones is 1. The summed E-state index contributed by atoms with van der Waals surface area (Å²) in [6.07, 6.45) is 2.30. The van der Waals surface area contributed by atoms with Gasteiger partial charge in [0.2, 0.25) is 0 Å². The van der Waals surface area contributed by atoms with Crippen LogP contribution in [-0.2, 0) is 6.42 Å². The molecular formula is C15H13NO3. The van der Waals surface area contributed by atoms with Crippen LogP contribution in [0, 0.1) is 0 Å². The Hall–Kier alpha value is -2.36. The van der Waals surface area contributed by atoms with Crippen LogP contribution in [-0.4, -0.2) is 11.7 Å². The van der Waals surface area contributed by atoms with Crippen molar-refractivity contribution in [1.82, 2.24) is 0 Å². The lowest BCUT2D eigenvalue weighted by Crippen LogP contribution is -2.21. The summed E-state index contributed by atoms with van der Waals surface area (Å²) in [6.45, 7) is 0. The zero-order valence-corrected chi connectivity index (χ0v) is 10.3. The molecule has 4 nitrogen and oxygen atoms in total. The third-order valence-electron chi connectivity index (χ3n) is 3.55. The number of fused-ring (bicyclic) bond motifs is 1. The molecule has 1 amide bonds. The van der Waals surface area contributed by atoms with E-state index in [4.69, 9.17) is 10.2 Å². The van der Waals surface area contributed by atoms with Crippen LogP contribution in [0.15, 0.2) is 41.0 Å². The van der Waals surface area contributed by atoms with Gasteiger partial charge in [-0.2, -0.15) is 0 Å². The second-order valence-electron chi connectivity index (χ2n) is 4.75. The Morgan fingerprint density at radius 3 is 2.63 bits per heavy atom. The molecule has 19 heavy (non-hydrogen) atoms. The molecule has 96 valence electrons. The van der Waals surface area contributed by atoms with Gasteiger partial charge in [-0.05, 0) is 11.5 Å². The van der Waals surface area contributed by atoms with Crippen LogP contribution in [0.5, 0.6) is 0 Å². The average Bonchev–Trinajstić information content (AvgIpc) is 2.84. The maximum absolute atomic E-state index is 12.2. The summed E-state index contributed by atoms with van der Waals surface area (Å²) >= 11 is 0. The van der Waals surface area contributed by atoms with E-state index >= 15 is 0 Å². The third-order valence-corrected chi connectivity index (χ3v) is 3.55. The normalized spacial score (nSPS) is 18.1. The van der Waals surface area contributed by atoms with Crippen molar-refractivity contribution in [2.45, 2.75) is 18.8 Å². The number of primary amides is 1. The maximum atomic E-state index is 12.2. The summed E-state index contributed by atoms with van der Waals surface area (Å²) in [5, 5.41) is 0. The second-order valence-corrected chi connectivity index (χ2v) is 4.75. The van der Waals surface area contributed by atoms with Crippen molar-refractivity contribution in [1.29, 1.82) is 0 Å². The molecule has 1 aromatic carbocycles. The number of hydrogen-bond donors (Lipinski definition) is 1. The molecule has 1 atom stereocenters. The summed E-state index contributed by atoms with van der Waals surface area (Å²) < 4.78 is 5.35. The minimum absolute atomic E-state index is 0.0716. The Morgan fingerprint density at radius 2 is 1.95 bits per heavy atom.